The molecule has 0 N–H and O–H groups in total. The van der Waals surface area contributed by atoms with E-state index in [0.29, 0.717) is 25.1 Å². The smallest absolute Gasteiger partial charge is 0.409 e. The van der Waals surface area contributed by atoms with Crippen molar-refractivity contribution in [1.82, 2.24) is 4.90 Å². The van der Waals surface area contributed by atoms with E-state index >= 15 is 0 Å². The second kappa shape index (κ2) is 9.23. The highest BCUT2D eigenvalue weighted by Crippen LogP contribution is 2.12. The normalized spacial score (nSPS) is 10.2. The highest BCUT2D eigenvalue weighted by Gasteiger charge is 2.16. The van der Waals surface area contributed by atoms with Gasteiger partial charge in [0.25, 0.3) is 0 Å². The summed E-state index contributed by atoms with van der Waals surface area (Å²) in [4.78, 5) is 25.7. The zero-order valence-electron chi connectivity index (χ0n) is 13.6. The lowest BCUT2D eigenvalue weighted by Crippen LogP contribution is -2.34. The molecule has 0 radical (unpaired) electrons. The minimum atomic E-state index is -0.409. The minimum absolute atomic E-state index is 0.0214. The first kappa shape index (κ1) is 18.2. The molecule has 2 rings (SSSR count). The number of hydrogen-bond donors (Lipinski definition) is 0. The second-order valence-corrected chi connectivity index (χ2v) is 6.29. The highest BCUT2D eigenvalue weighted by molar-refractivity contribution is 9.10. The molecule has 0 aliphatic heterocycles. The maximum atomic E-state index is 12.2. The topological polar surface area (TPSA) is 46.6 Å². The lowest BCUT2D eigenvalue weighted by molar-refractivity contribution is 0.0948. The van der Waals surface area contributed by atoms with Gasteiger partial charge in [0, 0.05) is 29.5 Å². The van der Waals surface area contributed by atoms with Gasteiger partial charge < -0.3 is 9.64 Å². The van der Waals surface area contributed by atoms with Gasteiger partial charge in [0.1, 0.15) is 0 Å². The van der Waals surface area contributed by atoms with Gasteiger partial charge in [-0.15, -0.1) is 0 Å². The van der Waals surface area contributed by atoms with Crippen molar-refractivity contribution >= 4 is 27.8 Å². The Hall–Kier alpha value is -2.14. The number of Topliss-reactive ketones (excluding diaryl/α,β-unsaturated/α-hetero) is 1. The molecule has 0 aromatic heterocycles. The number of rotatable bonds is 7. The Morgan fingerprint density at radius 2 is 1.67 bits per heavy atom. The maximum Gasteiger partial charge on any atom is 0.409 e. The fraction of sp³-hybridized carbons (Fsp3) is 0.263. The van der Waals surface area contributed by atoms with Crippen molar-refractivity contribution < 1.29 is 14.3 Å². The first-order valence-electron chi connectivity index (χ1n) is 7.75. The van der Waals surface area contributed by atoms with Crippen LogP contribution < -0.4 is 0 Å². The summed E-state index contributed by atoms with van der Waals surface area (Å²) >= 11 is 3.40. The van der Waals surface area contributed by atoms with Crippen LogP contribution in [0.5, 0.6) is 0 Å². The Balaban J connectivity index is 1.92. The lowest BCUT2D eigenvalue weighted by Gasteiger charge is -2.21. The molecule has 0 unspecified atom stereocenters. The average Bonchev–Trinajstić information content (AvgIpc) is 2.63. The van der Waals surface area contributed by atoms with Crippen molar-refractivity contribution in [3.63, 3.8) is 0 Å². The van der Waals surface area contributed by atoms with Gasteiger partial charge in [-0.1, -0.05) is 58.4 Å². The quantitative estimate of drug-likeness (QED) is 0.661. The maximum absolute atomic E-state index is 12.2. The summed E-state index contributed by atoms with van der Waals surface area (Å²) in [5.74, 6) is 0.0214. The lowest BCUT2D eigenvalue weighted by atomic mass is 10.1. The number of carbonyl (C=O) groups is 2. The fourth-order valence-corrected chi connectivity index (χ4v) is 2.61. The number of ketones is 1. The number of hydrogen-bond acceptors (Lipinski definition) is 3. The number of halogens is 1. The average molecular weight is 390 g/mol. The number of nitrogens with zero attached hydrogens (tertiary/aromatic N) is 1. The van der Waals surface area contributed by atoms with Gasteiger partial charge in [-0.3, -0.25) is 4.79 Å². The molecule has 4 nitrogen and oxygen atoms in total. The third-order valence-corrected chi connectivity index (χ3v) is 4.25. The molecule has 24 heavy (non-hydrogen) atoms. The first-order chi connectivity index (χ1) is 11.6. The van der Waals surface area contributed by atoms with Crippen LogP contribution in [-0.2, 0) is 11.2 Å². The fourth-order valence-electron chi connectivity index (χ4n) is 2.34. The van der Waals surface area contributed by atoms with E-state index in [1.165, 1.54) is 7.11 Å². The second-order valence-electron chi connectivity index (χ2n) is 5.37. The van der Waals surface area contributed by atoms with E-state index in [2.05, 4.69) is 15.9 Å². The molecule has 5 heteroatoms. The molecule has 0 aliphatic carbocycles. The number of ether oxygens (including phenoxy) is 1. The van der Waals surface area contributed by atoms with Gasteiger partial charge in [0.05, 0.1) is 7.11 Å². The van der Waals surface area contributed by atoms with Gasteiger partial charge in [-0.25, -0.2) is 4.79 Å². The summed E-state index contributed by atoms with van der Waals surface area (Å²) in [6.45, 7) is 0.854. The summed E-state index contributed by atoms with van der Waals surface area (Å²) in [5, 5.41) is 0. The van der Waals surface area contributed by atoms with Gasteiger partial charge in [0.2, 0.25) is 0 Å². The van der Waals surface area contributed by atoms with Crippen molar-refractivity contribution in [2.24, 2.45) is 0 Å². The van der Waals surface area contributed by atoms with E-state index in [-0.39, 0.29) is 12.2 Å². The minimum Gasteiger partial charge on any atom is -0.453 e. The van der Waals surface area contributed by atoms with Crippen molar-refractivity contribution in [1.29, 1.82) is 0 Å². The Labute approximate surface area is 150 Å². The van der Waals surface area contributed by atoms with Gasteiger partial charge in [-0.2, -0.15) is 0 Å². The van der Waals surface area contributed by atoms with Crippen LogP contribution in [0.25, 0.3) is 0 Å². The van der Waals surface area contributed by atoms with Crippen LogP contribution in [0.15, 0.2) is 59.1 Å². The summed E-state index contributed by atoms with van der Waals surface area (Å²) in [7, 11) is 1.36. The van der Waals surface area contributed by atoms with Crippen LogP contribution in [0.2, 0.25) is 0 Å². The standard InChI is InChI=1S/C19H20BrNO3/c1-24-19(23)21(13-11-15-7-9-17(20)10-8-15)14-12-18(22)16-5-3-2-4-6-16/h2-10H,11-14H2,1H3. The Morgan fingerprint density at radius 1 is 1.00 bits per heavy atom. The van der Waals surface area contributed by atoms with Gasteiger partial charge in [0.15, 0.2) is 5.78 Å². The third kappa shape index (κ3) is 5.49. The van der Waals surface area contributed by atoms with Crippen molar-refractivity contribution in [3.8, 4) is 0 Å². The molecule has 1 amide bonds. The predicted octanol–water partition coefficient (Wildman–Crippen LogP) is 4.33. The van der Waals surface area contributed by atoms with Gasteiger partial charge in [-0.05, 0) is 24.1 Å². The molecular weight excluding hydrogens is 370 g/mol. The van der Waals surface area contributed by atoms with E-state index in [4.69, 9.17) is 4.74 Å². The molecule has 0 aliphatic rings. The molecule has 126 valence electrons. The van der Waals surface area contributed by atoms with Crippen LogP contribution in [0.4, 0.5) is 4.79 Å². The van der Waals surface area contributed by atoms with Gasteiger partial charge >= 0.3 is 6.09 Å². The van der Waals surface area contributed by atoms with Crippen molar-refractivity contribution in [3.05, 3.63) is 70.2 Å². The molecule has 0 atom stereocenters. The summed E-state index contributed by atoms with van der Waals surface area (Å²) < 4.78 is 5.84. The Morgan fingerprint density at radius 3 is 2.29 bits per heavy atom. The van der Waals surface area contributed by atoms with Crippen molar-refractivity contribution in [2.75, 3.05) is 20.2 Å². The first-order valence-corrected chi connectivity index (χ1v) is 8.55. The number of carbonyl (C=O) groups excluding carboxylic acids is 2. The number of benzene rings is 2. The molecule has 2 aromatic rings. The molecule has 0 fully saturated rings. The summed E-state index contributed by atoms with van der Waals surface area (Å²) in [6, 6.07) is 17.1. The number of amides is 1. The monoisotopic (exact) mass is 389 g/mol. The summed E-state index contributed by atoms with van der Waals surface area (Å²) in [5.41, 5.74) is 1.79. The third-order valence-electron chi connectivity index (χ3n) is 3.72. The molecule has 2 aromatic carbocycles. The predicted molar refractivity (Wildman–Crippen MR) is 97.2 cm³/mol. The summed E-state index contributed by atoms with van der Waals surface area (Å²) in [6.07, 6.45) is 0.578. The Kier molecular flexibility index (Phi) is 7.00. The molecule has 0 saturated carbocycles. The number of methoxy groups -OCH3 is 1. The van der Waals surface area contributed by atoms with E-state index in [1.807, 2.05) is 42.5 Å². The van der Waals surface area contributed by atoms with E-state index in [1.54, 1.807) is 17.0 Å². The van der Waals surface area contributed by atoms with Crippen LogP contribution in [0.3, 0.4) is 0 Å². The molecule has 0 spiro atoms. The highest BCUT2D eigenvalue weighted by atomic mass is 79.9. The molecule has 0 saturated heterocycles. The molecule has 0 bridgehead atoms. The van der Waals surface area contributed by atoms with Crippen LogP contribution >= 0.6 is 15.9 Å². The van der Waals surface area contributed by atoms with Crippen LogP contribution in [0.1, 0.15) is 22.3 Å². The van der Waals surface area contributed by atoms with E-state index < -0.39 is 6.09 Å². The molecular formula is C19H20BrNO3. The van der Waals surface area contributed by atoms with Crippen LogP contribution in [-0.4, -0.2) is 37.0 Å². The Bertz CT molecular complexity index is 671. The van der Waals surface area contributed by atoms with E-state index in [9.17, 15) is 9.59 Å². The SMILES string of the molecule is COC(=O)N(CCC(=O)c1ccccc1)CCc1ccc(Br)cc1. The van der Waals surface area contributed by atoms with Crippen molar-refractivity contribution in [2.45, 2.75) is 12.8 Å². The molecule has 0 heterocycles. The largest absolute Gasteiger partial charge is 0.453 e. The van der Waals surface area contributed by atoms with Crippen LogP contribution in [0, 0.1) is 0 Å². The zero-order chi connectivity index (χ0) is 17.4. The zero-order valence-corrected chi connectivity index (χ0v) is 15.2. The van der Waals surface area contributed by atoms with E-state index in [0.717, 1.165) is 10.0 Å².